The van der Waals surface area contributed by atoms with Crippen LogP contribution in [0.4, 0.5) is 0 Å². The lowest BCUT2D eigenvalue weighted by molar-refractivity contribution is 0.0690. The molecule has 0 aliphatic carbocycles. The van der Waals surface area contributed by atoms with Gasteiger partial charge in [-0.1, -0.05) is 16.8 Å². The minimum absolute atomic E-state index is 0.0711. The first-order valence-corrected chi connectivity index (χ1v) is 5.98. The van der Waals surface area contributed by atoms with Crippen molar-refractivity contribution in [3.8, 4) is 11.5 Å². The maximum Gasteiger partial charge on any atom is 0.339 e. The Kier molecular flexibility index (Phi) is 4.09. The van der Waals surface area contributed by atoms with E-state index in [1.165, 1.54) is 23.9 Å². The van der Waals surface area contributed by atoms with Crippen molar-refractivity contribution in [3.63, 3.8) is 0 Å². The molecule has 0 saturated carbocycles. The first-order chi connectivity index (χ1) is 9.51. The van der Waals surface area contributed by atoms with Gasteiger partial charge in [-0.3, -0.25) is 4.68 Å². The van der Waals surface area contributed by atoms with Crippen LogP contribution < -0.4 is 9.47 Å². The number of methoxy groups -OCH3 is 1. The van der Waals surface area contributed by atoms with Crippen LogP contribution in [0, 0.1) is 0 Å². The van der Waals surface area contributed by atoms with Crippen LogP contribution in [0.2, 0.25) is 5.02 Å². The molecule has 1 heterocycles. The zero-order valence-corrected chi connectivity index (χ0v) is 11.6. The van der Waals surface area contributed by atoms with Crippen LogP contribution in [0.5, 0.6) is 11.5 Å². The summed E-state index contributed by atoms with van der Waals surface area (Å²) in [5.74, 6) is -0.797. The van der Waals surface area contributed by atoms with Crippen molar-refractivity contribution in [3.05, 3.63) is 34.6 Å². The lowest BCUT2D eigenvalue weighted by Crippen LogP contribution is -2.05. The minimum Gasteiger partial charge on any atom is -0.493 e. The number of halogens is 1. The number of carboxylic acids is 1. The van der Waals surface area contributed by atoms with Gasteiger partial charge in [-0.2, -0.15) is 0 Å². The first kappa shape index (κ1) is 14.1. The number of hydrogen-bond acceptors (Lipinski definition) is 5. The van der Waals surface area contributed by atoms with Crippen LogP contribution in [0.1, 0.15) is 16.1 Å². The summed E-state index contributed by atoms with van der Waals surface area (Å²) >= 11 is 5.84. The number of aryl methyl sites for hydroxylation is 1. The van der Waals surface area contributed by atoms with Gasteiger partial charge < -0.3 is 14.6 Å². The summed E-state index contributed by atoms with van der Waals surface area (Å²) in [6, 6.07) is 2.79. The van der Waals surface area contributed by atoms with Gasteiger partial charge in [-0.25, -0.2) is 4.79 Å². The van der Waals surface area contributed by atoms with E-state index in [4.69, 9.17) is 21.1 Å². The molecular formula is C12H12ClN3O4. The van der Waals surface area contributed by atoms with Crippen LogP contribution in [0.25, 0.3) is 0 Å². The Bertz CT molecular complexity index is 642. The quantitative estimate of drug-likeness (QED) is 0.905. The summed E-state index contributed by atoms with van der Waals surface area (Å²) in [6.45, 7) is 0.0755. The number of hydrogen-bond donors (Lipinski definition) is 1. The number of rotatable bonds is 5. The SMILES string of the molecule is COc1cc(Cl)cc(C(=O)O)c1OCc1cn(C)nn1. The molecule has 0 atom stereocenters. The van der Waals surface area contributed by atoms with E-state index >= 15 is 0 Å². The molecule has 1 aromatic heterocycles. The molecule has 106 valence electrons. The Hall–Kier alpha value is -2.28. The van der Waals surface area contributed by atoms with Gasteiger partial charge in [0, 0.05) is 18.1 Å². The Balaban J connectivity index is 2.31. The van der Waals surface area contributed by atoms with Crippen LogP contribution in [0.3, 0.4) is 0 Å². The largest absolute Gasteiger partial charge is 0.493 e. The molecule has 1 aromatic carbocycles. The molecule has 0 amide bonds. The molecule has 0 aliphatic rings. The molecule has 1 N–H and O–H groups in total. The molecule has 0 radical (unpaired) electrons. The van der Waals surface area contributed by atoms with Gasteiger partial charge in [0.05, 0.1) is 13.3 Å². The van der Waals surface area contributed by atoms with Gasteiger partial charge in [0.25, 0.3) is 0 Å². The van der Waals surface area contributed by atoms with Gasteiger partial charge in [-0.15, -0.1) is 5.10 Å². The van der Waals surface area contributed by atoms with E-state index in [-0.39, 0.29) is 28.7 Å². The van der Waals surface area contributed by atoms with Gasteiger partial charge in [-0.05, 0) is 6.07 Å². The predicted octanol–water partition coefficient (Wildman–Crippen LogP) is 1.75. The number of benzene rings is 1. The smallest absolute Gasteiger partial charge is 0.339 e. The van der Waals surface area contributed by atoms with Crippen LogP contribution in [-0.2, 0) is 13.7 Å². The average molecular weight is 298 g/mol. The van der Waals surface area contributed by atoms with Gasteiger partial charge in [0.15, 0.2) is 11.5 Å². The summed E-state index contributed by atoms with van der Waals surface area (Å²) in [7, 11) is 3.13. The highest BCUT2D eigenvalue weighted by atomic mass is 35.5. The van der Waals surface area contributed by atoms with Crippen molar-refractivity contribution in [2.45, 2.75) is 6.61 Å². The van der Waals surface area contributed by atoms with E-state index in [0.29, 0.717) is 5.69 Å². The number of ether oxygens (including phenoxy) is 2. The Morgan fingerprint density at radius 1 is 1.50 bits per heavy atom. The maximum absolute atomic E-state index is 11.2. The Morgan fingerprint density at radius 2 is 2.25 bits per heavy atom. The van der Waals surface area contributed by atoms with Crippen molar-refractivity contribution >= 4 is 17.6 Å². The minimum atomic E-state index is -1.15. The Labute approximate surface area is 119 Å². The van der Waals surface area contributed by atoms with Crippen molar-refractivity contribution in [2.24, 2.45) is 7.05 Å². The number of carboxylic acid groups (broad SMARTS) is 1. The van der Waals surface area contributed by atoms with Crippen LogP contribution >= 0.6 is 11.6 Å². The molecule has 0 spiro atoms. The van der Waals surface area contributed by atoms with Gasteiger partial charge in [0.2, 0.25) is 0 Å². The number of nitrogens with zero attached hydrogens (tertiary/aromatic N) is 3. The van der Waals surface area contributed by atoms with Gasteiger partial charge in [0.1, 0.15) is 17.9 Å². The summed E-state index contributed by atoms with van der Waals surface area (Å²) in [5, 5.41) is 17.1. The molecule has 0 unspecified atom stereocenters. The summed E-state index contributed by atoms with van der Waals surface area (Å²) in [5.41, 5.74) is 0.499. The number of carbonyl (C=O) groups is 1. The van der Waals surface area contributed by atoms with E-state index in [9.17, 15) is 9.90 Å². The van der Waals surface area contributed by atoms with Crippen LogP contribution in [-0.4, -0.2) is 33.2 Å². The van der Waals surface area contributed by atoms with Crippen LogP contribution in [0.15, 0.2) is 18.3 Å². The number of aromatic carboxylic acids is 1. The summed E-state index contributed by atoms with van der Waals surface area (Å²) in [6.07, 6.45) is 1.67. The van der Waals surface area contributed by atoms with Gasteiger partial charge >= 0.3 is 5.97 Å². The fourth-order valence-corrected chi connectivity index (χ4v) is 1.84. The molecule has 7 nitrogen and oxygen atoms in total. The first-order valence-electron chi connectivity index (χ1n) is 5.60. The second-order valence-electron chi connectivity index (χ2n) is 3.96. The predicted molar refractivity (Wildman–Crippen MR) is 70.3 cm³/mol. The molecular weight excluding hydrogens is 286 g/mol. The third kappa shape index (κ3) is 3.00. The lowest BCUT2D eigenvalue weighted by Gasteiger charge is -2.12. The van der Waals surface area contributed by atoms with Crippen molar-refractivity contribution in [1.29, 1.82) is 0 Å². The van der Waals surface area contributed by atoms with Crippen molar-refractivity contribution in [2.75, 3.05) is 7.11 Å². The third-order valence-electron chi connectivity index (χ3n) is 2.48. The standard InChI is InChI=1S/C12H12ClN3O4/c1-16-5-8(14-15-16)6-20-11-9(12(17)18)3-7(13)4-10(11)19-2/h3-5H,6H2,1-2H3,(H,17,18). The molecule has 8 heteroatoms. The maximum atomic E-state index is 11.2. The average Bonchev–Trinajstić information content (AvgIpc) is 2.81. The van der Waals surface area contributed by atoms with E-state index in [2.05, 4.69) is 10.3 Å². The molecule has 0 bridgehead atoms. The number of aromatic nitrogens is 3. The second kappa shape index (κ2) is 5.79. The van der Waals surface area contributed by atoms with Crippen molar-refractivity contribution < 1.29 is 19.4 Å². The zero-order valence-electron chi connectivity index (χ0n) is 10.8. The summed E-state index contributed by atoms with van der Waals surface area (Å²) < 4.78 is 12.1. The molecule has 2 aromatic rings. The fraction of sp³-hybridized carbons (Fsp3) is 0.250. The fourth-order valence-electron chi connectivity index (χ4n) is 1.64. The van der Waals surface area contributed by atoms with E-state index in [0.717, 1.165) is 0 Å². The highest BCUT2D eigenvalue weighted by Crippen LogP contribution is 2.35. The molecule has 2 rings (SSSR count). The topological polar surface area (TPSA) is 86.5 Å². The molecule has 20 heavy (non-hydrogen) atoms. The lowest BCUT2D eigenvalue weighted by atomic mass is 10.2. The van der Waals surface area contributed by atoms with E-state index < -0.39 is 5.97 Å². The normalized spacial score (nSPS) is 10.3. The molecule has 0 saturated heterocycles. The highest BCUT2D eigenvalue weighted by molar-refractivity contribution is 6.31. The zero-order chi connectivity index (χ0) is 14.7. The monoisotopic (exact) mass is 297 g/mol. The van der Waals surface area contributed by atoms with Crippen molar-refractivity contribution in [1.82, 2.24) is 15.0 Å². The second-order valence-corrected chi connectivity index (χ2v) is 4.40. The third-order valence-corrected chi connectivity index (χ3v) is 2.70. The Morgan fingerprint density at radius 3 is 2.80 bits per heavy atom. The molecule has 0 aliphatic heterocycles. The highest BCUT2D eigenvalue weighted by Gasteiger charge is 2.18. The summed E-state index contributed by atoms with van der Waals surface area (Å²) in [4.78, 5) is 11.2. The van der Waals surface area contributed by atoms with E-state index in [1.54, 1.807) is 13.2 Å². The molecule has 0 fully saturated rings. The van der Waals surface area contributed by atoms with E-state index in [1.807, 2.05) is 0 Å².